The normalized spacial score (nSPS) is 8.14. The average molecular weight is 102 g/mol. The molecule has 0 heterocycles. The summed E-state index contributed by atoms with van der Waals surface area (Å²) in [6, 6.07) is 0. The Kier molecular flexibility index (Phi) is 2.05. The van der Waals surface area contributed by atoms with E-state index in [9.17, 15) is 4.91 Å². The summed E-state index contributed by atoms with van der Waals surface area (Å²) < 4.78 is 0. The smallest absolute Gasteiger partial charge is 0.246 e. The lowest BCUT2D eigenvalue weighted by atomic mass is 10.4. The second kappa shape index (κ2) is 2.34. The van der Waals surface area contributed by atoms with Crippen molar-refractivity contribution < 1.29 is 10.1 Å². The first kappa shape index (κ1) is 6.14. The predicted molar refractivity (Wildman–Crippen MR) is 25.1 cm³/mol. The summed E-state index contributed by atoms with van der Waals surface area (Å²) in [4.78, 5) is 9.52. The van der Waals surface area contributed by atoms with Gasteiger partial charge in [0.05, 0.1) is 4.91 Å². The molecule has 0 radical (unpaired) electrons. The van der Waals surface area contributed by atoms with E-state index in [-0.39, 0.29) is 11.5 Å². The Morgan fingerprint density at radius 3 is 2.43 bits per heavy atom. The van der Waals surface area contributed by atoms with Crippen LogP contribution in [0.2, 0.25) is 0 Å². The summed E-state index contributed by atoms with van der Waals surface area (Å²) in [5.74, 6) is 0. The van der Waals surface area contributed by atoms with Gasteiger partial charge in [-0.2, -0.15) is 0 Å². The van der Waals surface area contributed by atoms with Gasteiger partial charge >= 0.3 is 0 Å². The summed E-state index contributed by atoms with van der Waals surface area (Å²) in [5, 5.41) is 7.94. The third-order valence-corrected chi connectivity index (χ3v) is 0.405. The zero-order valence-electron chi connectivity index (χ0n) is 4.22. The van der Waals surface area contributed by atoms with Gasteiger partial charge in [0.2, 0.25) is 4.92 Å². The van der Waals surface area contributed by atoms with Gasteiger partial charge in [0.1, 0.15) is 0 Å². The molecule has 0 aromatic heterocycles. The summed E-state index contributed by atoms with van der Waals surface area (Å²) >= 11 is 0. The van der Waals surface area contributed by atoms with Gasteiger partial charge in [-0.25, -0.2) is 5.21 Å². The van der Waals surface area contributed by atoms with Gasteiger partial charge in [-0.1, -0.05) is 6.58 Å². The van der Waals surface area contributed by atoms with E-state index in [2.05, 4.69) is 6.58 Å². The van der Waals surface area contributed by atoms with Crippen LogP contribution < -0.4 is 0 Å². The first-order valence-corrected chi connectivity index (χ1v) is 1.91. The molecule has 0 aliphatic rings. The Morgan fingerprint density at radius 1 is 2.00 bits per heavy atom. The lowest BCUT2D eigenvalue weighted by Gasteiger charge is -1.78. The lowest BCUT2D eigenvalue weighted by molar-refractivity contribution is -0.785. The molecule has 0 saturated heterocycles. The van der Waals surface area contributed by atoms with Crippen LogP contribution in [0.1, 0.15) is 6.92 Å². The largest absolute Gasteiger partial charge is 0.268 e. The second-order valence-corrected chi connectivity index (χ2v) is 1.47. The van der Waals surface area contributed by atoms with Gasteiger partial charge in [0, 0.05) is 0 Å². The fraction of sp³-hybridized carbons (Fsp3) is 0.500. The third kappa shape index (κ3) is 5.14. The van der Waals surface area contributed by atoms with Crippen LogP contribution in [0.5, 0.6) is 0 Å². The van der Waals surface area contributed by atoms with E-state index in [1.165, 1.54) is 0 Å². The van der Waals surface area contributed by atoms with E-state index in [1.54, 1.807) is 6.92 Å². The zero-order chi connectivity index (χ0) is 5.86. The molecular weight excluding hydrogens is 94.0 g/mol. The Balaban J connectivity index is 3.32. The van der Waals surface area contributed by atoms with Crippen molar-refractivity contribution in [3.05, 3.63) is 17.1 Å². The molecule has 3 nitrogen and oxygen atoms in total. The van der Waals surface area contributed by atoms with E-state index in [4.69, 9.17) is 5.21 Å². The van der Waals surface area contributed by atoms with Crippen molar-refractivity contribution >= 4 is 0 Å². The maximum atomic E-state index is 9.67. The third-order valence-electron chi connectivity index (χ3n) is 0.405. The molecule has 0 rings (SSSR count). The quantitative estimate of drug-likeness (QED) is 0.412. The monoisotopic (exact) mass is 102 g/mol. The molecule has 40 valence electrons. The lowest BCUT2D eigenvalue weighted by Crippen LogP contribution is -2.03. The number of rotatable bonds is 2. The van der Waals surface area contributed by atoms with Crippen molar-refractivity contribution in [2.45, 2.75) is 6.92 Å². The van der Waals surface area contributed by atoms with Gasteiger partial charge in [0.15, 0.2) is 0 Å². The van der Waals surface area contributed by atoms with Crippen molar-refractivity contribution in [2.24, 2.45) is 0 Å². The van der Waals surface area contributed by atoms with Crippen LogP contribution >= 0.6 is 0 Å². The molecule has 0 aliphatic carbocycles. The molecule has 1 N–H and O–H groups in total. The Bertz CT molecular complexity index is 85.9. The highest BCUT2D eigenvalue weighted by Gasteiger charge is 2.00. The summed E-state index contributed by atoms with van der Waals surface area (Å²) in [5.41, 5.74) is 0.650. The molecular formula is C4H8NO2+. The highest BCUT2D eigenvalue weighted by molar-refractivity contribution is 4.85. The van der Waals surface area contributed by atoms with Crippen LogP contribution in [0.4, 0.5) is 0 Å². The zero-order valence-corrected chi connectivity index (χ0v) is 4.22. The van der Waals surface area contributed by atoms with Crippen LogP contribution in [-0.2, 0) is 0 Å². The number of hydrogen-bond donors (Lipinski definition) is 1. The van der Waals surface area contributed by atoms with Crippen LogP contribution in [-0.4, -0.2) is 16.7 Å². The second-order valence-electron chi connectivity index (χ2n) is 1.47. The van der Waals surface area contributed by atoms with Crippen molar-refractivity contribution in [3.8, 4) is 0 Å². The van der Waals surface area contributed by atoms with E-state index in [0.29, 0.717) is 5.57 Å². The Hall–Kier alpha value is -0.860. The Labute approximate surface area is 41.8 Å². The fourth-order valence-electron chi connectivity index (χ4n) is 0.231. The molecule has 0 unspecified atom stereocenters. The van der Waals surface area contributed by atoms with Gasteiger partial charge in [-0.15, -0.1) is 0 Å². The molecule has 3 heteroatoms. The van der Waals surface area contributed by atoms with Crippen molar-refractivity contribution in [3.63, 3.8) is 0 Å². The minimum Gasteiger partial charge on any atom is -0.246 e. The molecule has 7 heavy (non-hydrogen) atoms. The van der Waals surface area contributed by atoms with Crippen LogP contribution in [0.25, 0.3) is 0 Å². The molecule has 0 spiro atoms. The highest BCUT2D eigenvalue weighted by Crippen LogP contribution is 1.82. The summed E-state index contributed by atoms with van der Waals surface area (Å²) in [6.07, 6.45) is 0. The maximum absolute atomic E-state index is 9.67. The molecule has 0 atom stereocenters. The van der Waals surface area contributed by atoms with Crippen LogP contribution in [0.15, 0.2) is 12.2 Å². The molecule has 0 fully saturated rings. The SMILES string of the molecule is C=C(C)C[N+](=O)O. The summed E-state index contributed by atoms with van der Waals surface area (Å²) in [7, 11) is 0. The van der Waals surface area contributed by atoms with Crippen LogP contribution in [0, 0.1) is 4.91 Å². The van der Waals surface area contributed by atoms with Crippen molar-refractivity contribution in [1.29, 1.82) is 0 Å². The van der Waals surface area contributed by atoms with Gasteiger partial charge < -0.3 is 0 Å². The van der Waals surface area contributed by atoms with Crippen molar-refractivity contribution in [1.82, 2.24) is 0 Å². The van der Waals surface area contributed by atoms with Crippen molar-refractivity contribution in [2.75, 3.05) is 6.54 Å². The minimum absolute atomic E-state index is 0. The molecule has 0 amide bonds. The maximum Gasteiger partial charge on any atom is 0.268 e. The highest BCUT2D eigenvalue weighted by atomic mass is 16.6. The summed E-state index contributed by atoms with van der Waals surface area (Å²) in [6.45, 7) is 5.06. The topological polar surface area (TPSA) is 40.3 Å². The Morgan fingerprint density at radius 2 is 2.43 bits per heavy atom. The molecule has 0 aromatic carbocycles. The molecule has 0 aromatic rings. The van der Waals surface area contributed by atoms with Crippen LogP contribution in [0.3, 0.4) is 0 Å². The van der Waals surface area contributed by atoms with Gasteiger partial charge in [-0.3, -0.25) is 0 Å². The number of hydrogen-bond acceptors (Lipinski definition) is 1. The first-order chi connectivity index (χ1) is 3.13. The van der Waals surface area contributed by atoms with Gasteiger partial charge in [-0.05, 0) is 12.5 Å². The predicted octanol–water partition coefficient (Wildman–Crippen LogP) is 0.731. The van der Waals surface area contributed by atoms with Gasteiger partial charge in [0.25, 0.3) is 6.54 Å². The van der Waals surface area contributed by atoms with E-state index in [0.717, 1.165) is 0 Å². The molecule has 0 saturated carbocycles. The molecule has 0 aliphatic heterocycles. The fourth-order valence-corrected chi connectivity index (χ4v) is 0.231. The van der Waals surface area contributed by atoms with E-state index < -0.39 is 0 Å². The minimum atomic E-state index is -0.150. The first-order valence-electron chi connectivity index (χ1n) is 1.91. The van der Waals surface area contributed by atoms with E-state index >= 15 is 0 Å². The number of nitrogens with zero attached hydrogens (tertiary/aromatic N) is 1. The van der Waals surface area contributed by atoms with E-state index in [1.807, 2.05) is 0 Å². The molecule has 0 bridgehead atoms. The standard InChI is InChI=1S/C4H8NO2/c1-4(2)3-5(6)7/h1,3H2,2H3,(H,6,7)/q+1. The average Bonchev–Trinajstić information content (AvgIpc) is 1.27.